The lowest BCUT2D eigenvalue weighted by molar-refractivity contribution is 0.678. The van der Waals surface area contributed by atoms with Crippen molar-refractivity contribution in [3.8, 4) is 6.07 Å². The van der Waals surface area contributed by atoms with Crippen LogP contribution < -0.4 is 4.90 Å². The standard InChI is InChI=1S/C15H21ClN2/c1-3-5-9-18(10-6-4-2)14-8-7-13(12-17)15(16)11-14/h7-8,11H,3-6,9-10H2,1-2H3. The molecule has 0 heterocycles. The summed E-state index contributed by atoms with van der Waals surface area (Å²) in [5.41, 5.74) is 1.67. The molecule has 0 bridgehead atoms. The summed E-state index contributed by atoms with van der Waals surface area (Å²) < 4.78 is 0. The summed E-state index contributed by atoms with van der Waals surface area (Å²) in [6, 6.07) is 7.81. The number of hydrogen-bond acceptors (Lipinski definition) is 2. The minimum absolute atomic E-state index is 0.548. The fourth-order valence-corrected chi connectivity index (χ4v) is 2.08. The van der Waals surface area contributed by atoms with Crippen molar-refractivity contribution in [2.45, 2.75) is 39.5 Å². The molecule has 1 aromatic carbocycles. The van der Waals surface area contributed by atoms with Gasteiger partial charge in [0.1, 0.15) is 6.07 Å². The van der Waals surface area contributed by atoms with Crippen LogP contribution >= 0.6 is 11.6 Å². The predicted octanol–water partition coefficient (Wildman–Crippen LogP) is 4.62. The summed E-state index contributed by atoms with van der Waals surface area (Å²) in [7, 11) is 0. The monoisotopic (exact) mass is 264 g/mol. The quantitative estimate of drug-likeness (QED) is 0.719. The number of unbranched alkanes of at least 4 members (excludes halogenated alkanes) is 2. The van der Waals surface area contributed by atoms with Gasteiger partial charge in [-0.25, -0.2) is 0 Å². The molecule has 2 nitrogen and oxygen atoms in total. The van der Waals surface area contributed by atoms with Gasteiger partial charge in [-0.3, -0.25) is 0 Å². The predicted molar refractivity (Wildman–Crippen MR) is 78.2 cm³/mol. The van der Waals surface area contributed by atoms with Crippen LogP contribution in [0.5, 0.6) is 0 Å². The van der Waals surface area contributed by atoms with Crippen LogP contribution in [0.25, 0.3) is 0 Å². The first kappa shape index (κ1) is 14.9. The number of hydrogen-bond donors (Lipinski definition) is 0. The molecule has 0 saturated heterocycles. The molecule has 0 aliphatic rings. The molecule has 18 heavy (non-hydrogen) atoms. The molecule has 0 aliphatic carbocycles. The van der Waals surface area contributed by atoms with Crippen molar-refractivity contribution in [2.24, 2.45) is 0 Å². The van der Waals surface area contributed by atoms with Gasteiger partial charge < -0.3 is 4.90 Å². The van der Waals surface area contributed by atoms with Gasteiger partial charge in [-0.05, 0) is 31.0 Å². The van der Waals surface area contributed by atoms with Crippen molar-refractivity contribution in [2.75, 3.05) is 18.0 Å². The van der Waals surface area contributed by atoms with Crippen LogP contribution in [0, 0.1) is 11.3 Å². The molecular weight excluding hydrogens is 244 g/mol. The fourth-order valence-electron chi connectivity index (χ4n) is 1.86. The second-order valence-corrected chi connectivity index (χ2v) is 4.88. The van der Waals surface area contributed by atoms with Gasteiger partial charge >= 0.3 is 0 Å². The van der Waals surface area contributed by atoms with E-state index < -0.39 is 0 Å². The third-order valence-corrected chi connectivity index (χ3v) is 3.31. The number of rotatable bonds is 7. The Balaban J connectivity index is 2.83. The van der Waals surface area contributed by atoms with E-state index in [9.17, 15) is 0 Å². The van der Waals surface area contributed by atoms with Crippen molar-refractivity contribution in [1.29, 1.82) is 5.26 Å². The van der Waals surface area contributed by atoms with E-state index in [4.69, 9.17) is 16.9 Å². The van der Waals surface area contributed by atoms with Gasteiger partial charge in [0.05, 0.1) is 10.6 Å². The van der Waals surface area contributed by atoms with E-state index >= 15 is 0 Å². The topological polar surface area (TPSA) is 27.0 Å². The van der Waals surface area contributed by atoms with Crippen molar-refractivity contribution in [3.05, 3.63) is 28.8 Å². The van der Waals surface area contributed by atoms with Gasteiger partial charge in [-0.2, -0.15) is 5.26 Å². The van der Waals surface area contributed by atoms with Gasteiger partial charge in [-0.15, -0.1) is 0 Å². The fraction of sp³-hybridized carbons (Fsp3) is 0.533. The van der Waals surface area contributed by atoms with E-state index in [2.05, 4.69) is 24.8 Å². The van der Waals surface area contributed by atoms with E-state index in [-0.39, 0.29) is 0 Å². The van der Waals surface area contributed by atoms with Crippen molar-refractivity contribution in [3.63, 3.8) is 0 Å². The lowest BCUT2D eigenvalue weighted by Gasteiger charge is -2.25. The van der Waals surface area contributed by atoms with Gasteiger partial charge in [0.2, 0.25) is 0 Å². The third-order valence-electron chi connectivity index (χ3n) is 3.00. The van der Waals surface area contributed by atoms with Crippen LogP contribution in [0.4, 0.5) is 5.69 Å². The normalized spacial score (nSPS) is 10.1. The summed E-state index contributed by atoms with van der Waals surface area (Å²) in [5, 5.41) is 9.43. The van der Waals surface area contributed by atoms with Gasteiger partial charge in [0.25, 0.3) is 0 Å². The van der Waals surface area contributed by atoms with Crippen LogP contribution in [-0.4, -0.2) is 13.1 Å². The van der Waals surface area contributed by atoms with Crippen molar-refractivity contribution >= 4 is 17.3 Å². The molecule has 0 amide bonds. The zero-order chi connectivity index (χ0) is 13.4. The number of nitrogens with zero attached hydrogens (tertiary/aromatic N) is 2. The van der Waals surface area contributed by atoms with Crippen molar-refractivity contribution < 1.29 is 0 Å². The molecule has 0 atom stereocenters. The highest BCUT2D eigenvalue weighted by atomic mass is 35.5. The summed E-state index contributed by atoms with van der Waals surface area (Å²) in [6.07, 6.45) is 4.74. The SMILES string of the molecule is CCCCN(CCCC)c1ccc(C#N)c(Cl)c1. The summed E-state index contributed by atoms with van der Waals surface area (Å²) in [4.78, 5) is 2.36. The Kier molecular flexibility index (Phi) is 6.60. The molecule has 1 aromatic rings. The van der Waals surface area contributed by atoms with Crippen LogP contribution in [0.15, 0.2) is 18.2 Å². The first-order valence-corrected chi connectivity index (χ1v) is 7.05. The number of nitriles is 1. The molecule has 0 radical (unpaired) electrons. The lowest BCUT2D eigenvalue weighted by atomic mass is 10.2. The second-order valence-electron chi connectivity index (χ2n) is 4.47. The zero-order valence-corrected chi connectivity index (χ0v) is 12.0. The minimum Gasteiger partial charge on any atom is -0.371 e. The number of benzene rings is 1. The van der Waals surface area contributed by atoms with Crippen LogP contribution in [0.1, 0.15) is 45.1 Å². The van der Waals surface area contributed by atoms with E-state index in [1.165, 1.54) is 25.7 Å². The maximum absolute atomic E-state index is 8.88. The second kappa shape index (κ2) is 8.00. The Bertz CT molecular complexity index is 401. The molecule has 0 aromatic heterocycles. The van der Waals surface area contributed by atoms with Gasteiger partial charge in [-0.1, -0.05) is 38.3 Å². The number of anilines is 1. The highest BCUT2D eigenvalue weighted by molar-refractivity contribution is 6.32. The Labute approximate surface area is 115 Å². The summed E-state index contributed by atoms with van der Waals surface area (Å²) >= 11 is 6.09. The van der Waals surface area contributed by atoms with Crippen molar-refractivity contribution in [1.82, 2.24) is 0 Å². The molecule has 3 heteroatoms. The molecular formula is C15H21ClN2. The Morgan fingerprint density at radius 1 is 1.17 bits per heavy atom. The van der Waals surface area contributed by atoms with Gasteiger partial charge in [0.15, 0.2) is 0 Å². The Morgan fingerprint density at radius 2 is 1.78 bits per heavy atom. The Morgan fingerprint density at radius 3 is 2.22 bits per heavy atom. The summed E-state index contributed by atoms with van der Waals surface area (Å²) in [5.74, 6) is 0. The maximum Gasteiger partial charge on any atom is 0.101 e. The first-order valence-electron chi connectivity index (χ1n) is 6.67. The number of halogens is 1. The maximum atomic E-state index is 8.88. The lowest BCUT2D eigenvalue weighted by Crippen LogP contribution is -2.25. The molecule has 0 N–H and O–H groups in total. The van der Waals surface area contributed by atoms with Crippen LogP contribution in [0.2, 0.25) is 5.02 Å². The average Bonchev–Trinajstić information content (AvgIpc) is 2.39. The third kappa shape index (κ3) is 4.23. The molecule has 1 rings (SSSR count). The smallest absolute Gasteiger partial charge is 0.101 e. The molecule has 0 fully saturated rings. The Hall–Kier alpha value is -1.20. The van der Waals surface area contributed by atoms with Gasteiger partial charge in [0, 0.05) is 18.8 Å². The first-order chi connectivity index (χ1) is 8.72. The highest BCUT2D eigenvalue weighted by Gasteiger charge is 2.08. The van der Waals surface area contributed by atoms with E-state index in [1.54, 1.807) is 0 Å². The highest BCUT2D eigenvalue weighted by Crippen LogP contribution is 2.24. The molecule has 0 spiro atoms. The molecule has 0 saturated carbocycles. The molecule has 0 aliphatic heterocycles. The van der Waals surface area contributed by atoms with Crippen LogP contribution in [0.3, 0.4) is 0 Å². The van der Waals surface area contributed by atoms with Crippen LogP contribution in [-0.2, 0) is 0 Å². The average molecular weight is 265 g/mol. The van der Waals surface area contributed by atoms with E-state index in [0.717, 1.165) is 18.8 Å². The largest absolute Gasteiger partial charge is 0.371 e. The summed E-state index contributed by atoms with van der Waals surface area (Å²) in [6.45, 7) is 6.50. The van der Waals surface area contributed by atoms with E-state index in [0.29, 0.717) is 10.6 Å². The molecule has 0 unspecified atom stereocenters. The van der Waals surface area contributed by atoms with E-state index in [1.807, 2.05) is 18.2 Å². The molecule has 98 valence electrons. The minimum atomic E-state index is 0.548. The zero-order valence-electron chi connectivity index (χ0n) is 11.2.